The van der Waals surface area contributed by atoms with Crippen LogP contribution in [0, 0.1) is 0 Å². The van der Waals surface area contributed by atoms with Crippen molar-refractivity contribution in [1.29, 1.82) is 0 Å². The zero-order valence-corrected chi connectivity index (χ0v) is 40.1. The van der Waals surface area contributed by atoms with E-state index in [1.807, 2.05) is 0 Å². The molecule has 5 heteroatoms. The van der Waals surface area contributed by atoms with Crippen molar-refractivity contribution in [2.24, 2.45) is 0 Å². The van der Waals surface area contributed by atoms with Gasteiger partial charge in [-0.15, -0.1) is 0 Å². The van der Waals surface area contributed by atoms with E-state index in [0.717, 1.165) is 44.7 Å². The van der Waals surface area contributed by atoms with Gasteiger partial charge in [0.15, 0.2) is 0 Å². The van der Waals surface area contributed by atoms with Gasteiger partial charge in [-0.05, 0) is 141 Å². The van der Waals surface area contributed by atoms with Crippen molar-refractivity contribution in [3.05, 3.63) is 199 Å². The molecule has 1 saturated carbocycles. The lowest BCUT2D eigenvalue weighted by atomic mass is 9.33. The van der Waals surface area contributed by atoms with E-state index < -0.39 is 0 Å². The number of furan rings is 1. The quantitative estimate of drug-likeness (QED) is 0.161. The number of anilines is 8. The van der Waals surface area contributed by atoms with Crippen molar-refractivity contribution >= 4 is 101 Å². The van der Waals surface area contributed by atoms with E-state index in [4.69, 9.17) is 4.42 Å². The van der Waals surface area contributed by atoms with Crippen molar-refractivity contribution in [2.75, 3.05) is 14.7 Å². The molecule has 0 radical (unpaired) electrons. The van der Waals surface area contributed by atoms with Gasteiger partial charge < -0.3 is 19.1 Å². The summed E-state index contributed by atoms with van der Waals surface area (Å²) in [5.41, 5.74) is 20.9. The Kier molecular flexibility index (Phi) is 8.53. The maximum atomic E-state index is 6.61. The first kappa shape index (κ1) is 40.6. The fourth-order valence-electron chi connectivity index (χ4n) is 13.3. The number of rotatable bonds is 5. The molecule has 9 aromatic carbocycles. The number of benzene rings is 9. The Morgan fingerprint density at radius 1 is 0.580 bits per heavy atom. The van der Waals surface area contributed by atoms with Crippen LogP contribution in [0.25, 0.3) is 43.8 Å². The second-order valence-electron chi connectivity index (χ2n) is 21.6. The van der Waals surface area contributed by atoms with Crippen molar-refractivity contribution in [3.8, 4) is 11.1 Å². The number of fused-ring (bicyclic) bond motifs is 11. The van der Waals surface area contributed by atoms with Crippen LogP contribution in [0.2, 0.25) is 0 Å². The van der Waals surface area contributed by atoms with Crippen LogP contribution < -0.4 is 31.1 Å². The third-order valence-corrected chi connectivity index (χ3v) is 16.9. The first-order valence-corrected chi connectivity index (χ1v) is 25.0. The van der Waals surface area contributed by atoms with Gasteiger partial charge in [-0.25, -0.2) is 0 Å². The Bertz CT molecular complexity index is 3750. The van der Waals surface area contributed by atoms with Gasteiger partial charge in [-0.3, -0.25) is 0 Å². The van der Waals surface area contributed by atoms with Crippen LogP contribution in [-0.2, 0) is 10.8 Å². The van der Waals surface area contributed by atoms with Gasteiger partial charge in [-0.2, -0.15) is 0 Å². The molecular formula is C64H54BN3O. The SMILES string of the molecule is CC(C)(C)c1cc2c3c(c1)C1(C)CCCCC1(C)N3c1cccc3c1B2c1ccc(N(c2cccc(-c4cccc5ccccc45)c2)c2cccc4oc5ccccc5c24)cc1N3c1ccccc1. The third kappa shape index (κ3) is 5.65. The van der Waals surface area contributed by atoms with E-state index in [0.29, 0.717) is 0 Å². The van der Waals surface area contributed by atoms with Crippen LogP contribution >= 0.6 is 0 Å². The van der Waals surface area contributed by atoms with Crippen molar-refractivity contribution in [2.45, 2.75) is 76.7 Å². The van der Waals surface area contributed by atoms with Crippen molar-refractivity contribution in [1.82, 2.24) is 0 Å². The zero-order valence-electron chi connectivity index (χ0n) is 40.1. The van der Waals surface area contributed by atoms with E-state index in [-0.39, 0.29) is 23.1 Å². The van der Waals surface area contributed by atoms with E-state index in [2.05, 4.69) is 237 Å². The predicted octanol–water partition coefficient (Wildman–Crippen LogP) is 15.5. The molecule has 4 heterocycles. The topological polar surface area (TPSA) is 22.9 Å². The standard InChI is InChI=1S/C64H54BN3O/c1-62(2,3)43-38-50-61-52(39-43)65-51-34-33-46(40-56(51)67(44-22-7-6-8-23-44)54-29-17-30-55(60(54)65)68(61)64(5)36-14-13-35-63(50,64)4)66(53-28-18-32-58-59(53)49-26-11-12-31-57(49)69-58)45-24-15-21-42(37-45)48-27-16-20-41-19-9-10-25-47(41)48/h6-12,15-34,37-40H,13-14,35-36H2,1-5H3. The summed E-state index contributed by atoms with van der Waals surface area (Å²) in [7, 11) is 0. The highest BCUT2D eigenvalue weighted by atomic mass is 16.3. The monoisotopic (exact) mass is 891 g/mol. The maximum Gasteiger partial charge on any atom is 0.252 e. The van der Waals surface area contributed by atoms with Crippen LogP contribution in [0.5, 0.6) is 0 Å². The molecule has 0 bridgehead atoms. The van der Waals surface area contributed by atoms with Crippen molar-refractivity contribution in [3.63, 3.8) is 0 Å². The largest absolute Gasteiger partial charge is 0.456 e. The second kappa shape index (κ2) is 14.5. The molecule has 69 heavy (non-hydrogen) atoms. The molecule has 334 valence electrons. The number of para-hydroxylation sites is 2. The van der Waals surface area contributed by atoms with E-state index in [1.165, 1.54) is 92.3 Å². The Hall–Kier alpha value is -7.50. The minimum absolute atomic E-state index is 0.0169. The molecule has 0 spiro atoms. The maximum absolute atomic E-state index is 6.61. The van der Waals surface area contributed by atoms with Crippen LogP contribution in [0.4, 0.5) is 45.5 Å². The Labute approximate surface area is 405 Å². The third-order valence-electron chi connectivity index (χ3n) is 16.9. The molecule has 0 saturated heterocycles. The van der Waals surface area contributed by atoms with E-state index >= 15 is 0 Å². The first-order valence-electron chi connectivity index (χ1n) is 25.0. The molecule has 1 aromatic heterocycles. The molecule has 1 aliphatic carbocycles. The van der Waals surface area contributed by atoms with Gasteiger partial charge >= 0.3 is 0 Å². The van der Waals surface area contributed by atoms with Crippen LogP contribution in [0.1, 0.15) is 71.4 Å². The van der Waals surface area contributed by atoms with E-state index in [9.17, 15) is 0 Å². The lowest BCUT2D eigenvalue weighted by Gasteiger charge is -2.52. The summed E-state index contributed by atoms with van der Waals surface area (Å²) in [6.07, 6.45) is 4.89. The lowest BCUT2D eigenvalue weighted by molar-refractivity contribution is 0.195. The summed E-state index contributed by atoms with van der Waals surface area (Å²) in [4.78, 5) is 7.87. The molecule has 4 nitrogen and oxygen atoms in total. The number of nitrogens with zero attached hydrogens (tertiary/aromatic N) is 3. The molecular weight excluding hydrogens is 838 g/mol. The lowest BCUT2D eigenvalue weighted by Crippen LogP contribution is -2.64. The second-order valence-corrected chi connectivity index (χ2v) is 21.6. The molecule has 2 unspecified atom stereocenters. The molecule has 14 rings (SSSR count). The van der Waals surface area contributed by atoms with Gasteiger partial charge in [0.1, 0.15) is 11.2 Å². The molecule has 2 atom stereocenters. The Morgan fingerprint density at radius 3 is 2.16 bits per heavy atom. The highest BCUT2D eigenvalue weighted by Gasteiger charge is 2.61. The predicted molar refractivity (Wildman–Crippen MR) is 292 cm³/mol. The molecule has 3 aliphatic heterocycles. The summed E-state index contributed by atoms with van der Waals surface area (Å²) in [5, 5.41) is 4.68. The summed E-state index contributed by atoms with van der Waals surface area (Å²) in [5.74, 6) is 0. The van der Waals surface area contributed by atoms with Gasteiger partial charge in [-0.1, -0.05) is 162 Å². The Morgan fingerprint density at radius 2 is 1.29 bits per heavy atom. The van der Waals surface area contributed by atoms with E-state index in [1.54, 1.807) is 5.56 Å². The van der Waals surface area contributed by atoms with Crippen LogP contribution in [-0.4, -0.2) is 12.3 Å². The minimum atomic E-state index is -0.0417. The van der Waals surface area contributed by atoms with Crippen LogP contribution in [0.3, 0.4) is 0 Å². The number of hydrogen-bond acceptors (Lipinski definition) is 4. The summed E-state index contributed by atoms with van der Waals surface area (Å²) in [6, 6.07) is 70.2. The van der Waals surface area contributed by atoms with Gasteiger partial charge in [0.25, 0.3) is 6.71 Å². The van der Waals surface area contributed by atoms with Gasteiger partial charge in [0.05, 0.1) is 16.6 Å². The fraction of sp³-hybridized carbons (Fsp3) is 0.188. The molecule has 4 aliphatic rings. The fourth-order valence-corrected chi connectivity index (χ4v) is 13.3. The highest BCUT2D eigenvalue weighted by Crippen LogP contribution is 2.62. The average molecular weight is 892 g/mol. The highest BCUT2D eigenvalue weighted by molar-refractivity contribution is 7.00. The average Bonchev–Trinajstić information content (AvgIpc) is 3.86. The molecule has 10 aromatic rings. The summed E-state index contributed by atoms with van der Waals surface area (Å²) < 4.78 is 6.61. The Balaban J connectivity index is 1.05. The summed E-state index contributed by atoms with van der Waals surface area (Å²) >= 11 is 0. The minimum Gasteiger partial charge on any atom is -0.456 e. The van der Waals surface area contributed by atoms with Crippen molar-refractivity contribution < 1.29 is 4.42 Å². The molecule has 1 fully saturated rings. The number of hydrogen-bond donors (Lipinski definition) is 0. The normalized spacial score (nSPS) is 18.9. The molecule has 0 N–H and O–H groups in total. The van der Waals surface area contributed by atoms with Crippen LogP contribution in [0.15, 0.2) is 192 Å². The zero-order chi connectivity index (χ0) is 46.4. The smallest absolute Gasteiger partial charge is 0.252 e. The first-order chi connectivity index (χ1) is 33.6. The van der Waals surface area contributed by atoms with Gasteiger partial charge in [0.2, 0.25) is 0 Å². The molecule has 0 amide bonds. The van der Waals surface area contributed by atoms with Gasteiger partial charge in [0, 0.05) is 50.6 Å². The summed E-state index contributed by atoms with van der Waals surface area (Å²) in [6.45, 7) is 12.4.